The Hall–Kier alpha value is -1.98. The van der Waals surface area contributed by atoms with Gasteiger partial charge in [-0.15, -0.1) is 11.3 Å². The average Bonchev–Trinajstić information content (AvgIpc) is 3.25. The van der Waals surface area contributed by atoms with E-state index in [0.29, 0.717) is 0 Å². The van der Waals surface area contributed by atoms with E-state index in [1.54, 1.807) is 11.3 Å². The van der Waals surface area contributed by atoms with Crippen LogP contribution in [0.5, 0.6) is 0 Å². The van der Waals surface area contributed by atoms with Gasteiger partial charge in [-0.3, -0.25) is 9.69 Å². The van der Waals surface area contributed by atoms with Crippen LogP contribution in [-0.4, -0.2) is 28.0 Å². The molecule has 3 aromatic rings. The minimum Gasteiger partial charge on any atom is -0.309 e. The summed E-state index contributed by atoms with van der Waals surface area (Å²) in [5.41, 5.74) is 2.77. The van der Waals surface area contributed by atoms with Crippen LogP contribution in [0.25, 0.3) is 10.2 Å². The number of nitrogens with one attached hydrogen (secondary N) is 1. The van der Waals surface area contributed by atoms with Crippen molar-refractivity contribution in [2.24, 2.45) is 5.92 Å². The monoisotopic (exact) mass is 379 g/mol. The lowest BCUT2D eigenvalue weighted by Crippen LogP contribution is -2.34. The summed E-state index contributed by atoms with van der Waals surface area (Å²) in [6.07, 6.45) is 6.93. The van der Waals surface area contributed by atoms with Gasteiger partial charge >= 0.3 is 0 Å². The molecule has 5 rings (SSSR count). The summed E-state index contributed by atoms with van der Waals surface area (Å²) in [6, 6.07) is 10.8. The lowest BCUT2D eigenvalue weighted by atomic mass is 9.90. The van der Waals surface area contributed by atoms with Crippen molar-refractivity contribution in [3.63, 3.8) is 0 Å². The summed E-state index contributed by atoms with van der Waals surface area (Å²) >= 11 is 1.73. The third-order valence-electron chi connectivity index (χ3n) is 6.07. The Kier molecular flexibility index (Phi) is 4.58. The van der Waals surface area contributed by atoms with Gasteiger partial charge < -0.3 is 4.98 Å². The van der Waals surface area contributed by atoms with Gasteiger partial charge in [0.05, 0.1) is 11.9 Å². The van der Waals surface area contributed by atoms with Crippen LogP contribution in [0.2, 0.25) is 0 Å². The summed E-state index contributed by atoms with van der Waals surface area (Å²) in [5, 5.41) is 0.859. The zero-order valence-corrected chi connectivity index (χ0v) is 16.4. The molecule has 0 amide bonds. The number of aromatic amines is 1. The Balaban J connectivity index is 1.25. The molecule has 0 spiro atoms. The van der Waals surface area contributed by atoms with Crippen LogP contribution in [0, 0.1) is 5.92 Å². The Morgan fingerprint density at radius 1 is 1.15 bits per heavy atom. The fraction of sp³-hybridized carbons (Fsp3) is 0.455. The van der Waals surface area contributed by atoms with Crippen molar-refractivity contribution >= 4 is 21.6 Å². The molecule has 0 atom stereocenters. The van der Waals surface area contributed by atoms with Gasteiger partial charge in [-0.05, 0) is 68.7 Å². The van der Waals surface area contributed by atoms with Crippen molar-refractivity contribution in [2.45, 2.75) is 45.1 Å². The molecule has 4 nitrogen and oxygen atoms in total. The maximum Gasteiger partial charge on any atom is 0.259 e. The molecule has 3 heterocycles. The highest BCUT2D eigenvalue weighted by atomic mass is 32.1. The van der Waals surface area contributed by atoms with Gasteiger partial charge in [-0.25, -0.2) is 4.98 Å². The second-order valence-electron chi connectivity index (χ2n) is 7.96. The molecule has 2 aromatic heterocycles. The number of fused-ring (bicyclic) bond motifs is 3. The Morgan fingerprint density at radius 3 is 2.78 bits per heavy atom. The number of thiophene rings is 1. The largest absolute Gasteiger partial charge is 0.309 e. The molecule has 1 aliphatic carbocycles. The molecular weight excluding hydrogens is 354 g/mol. The fourth-order valence-corrected chi connectivity index (χ4v) is 5.91. The summed E-state index contributed by atoms with van der Waals surface area (Å²) in [4.78, 5) is 25.2. The number of hydrogen-bond donors (Lipinski definition) is 1. The van der Waals surface area contributed by atoms with Gasteiger partial charge in [0, 0.05) is 4.88 Å². The maximum atomic E-state index is 12.6. The van der Waals surface area contributed by atoms with E-state index in [-0.39, 0.29) is 5.56 Å². The SMILES string of the molecule is O=c1[nH]c(CN2CCC(Cc3ccccc3)CC2)nc2sc3c(c12)CCC3. The molecule has 5 heteroatoms. The standard InChI is InChI=1S/C22H25N3OS/c26-21-20-17-7-4-8-18(17)27-22(20)24-19(23-21)14-25-11-9-16(10-12-25)13-15-5-2-1-3-6-15/h1-3,5-6,16H,4,7-14H2,(H,23,24,26). The molecular formula is C22H25N3OS. The van der Waals surface area contributed by atoms with Crippen LogP contribution >= 0.6 is 11.3 Å². The smallest absolute Gasteiger partial charge is 0.259 e. The third-order valence-corrected chi connectivity index (χ3v) is 7.26. The highest BCUT2D eigenvalue weighted by molar-refractivity contribution is 7.18. The van der Waals surface area contributed by atoms with E-state index >= 15 is 0 Å². The topological polar surface area (TPSA) is 49.0 Å². The van der Waals surface area contributed by atoms with Gasteiger partial charge in [-0.1, -0.05) is 30.3 Å². The van der Waals surface area contributed by atoms with Crippen LogP contribution in [0.3, 0.4) is 0 Å². The first-order valence-electron chi connectivity index (χ1n) is 10.1. The van der Waals surface area contributed by atoms with E-state index in [4.69, 9.17) is 4.98 Å². The van der Waals surface area contributed by atoms with Gasteiger partial charge in [0.15, 0.2) is 0 Å². The van der Waals surface area contributed by atoms with E-state index < -0.39 is 0 Å². The zero-order valence-electron chi connectivity index (χ0n) is 15.5. The van der Waals surface area contributed by atoms with Gasteiger partial charge in [-0.2, -0.15) is 0 Å². The van der Waals surface area contributed by atoms with Crippen molar-refractivity contribution in [3.05, 3.63) is 62.5 Å². The van der Waals surface area contributed by atoms with E-state index in [2.05, 4.69) is 40.2 Å². The normalized spacial score (nSPS) is 18.2. The molecule has 0 saturated carbocycles. The van der Waals surface area contributed by atoms with Crippen LogP contribution in [0.4, 0.5) is 0 Å². The van der Waals surface area contributed by atoms with Gasteiger partial charge in [0.1, 0.15) is 10.7 Å². The van der Waals surface area contributed by atoms with Crippen molar-refractivity contribution in [1.82, 2.24) is 14.9 Å². The molecule has 1 aromatic carbocycles. The molecule has 0 unspecified atom stereocenters. The predicted molar refractivity (Wildman–Crippen MR) is 110 cm³/mol. The van der Waals surface area contributed by atoms with E-state index in [1.807, 2.05) is 0 Å². The minimum atomic E-state index is 0.0633. The predicted octanol–water partition coefficient (Wildman–Crippen LogP) is 3.93. The molecule has 2 aliphatic rings. The second-order valence-corrected chi connectivity index (χ2v) is 9.04. The molecule has 0 radical (unpaired) electrons. The van der Waals surface area contributed by atoms with E-state index in [9.17, 15) is 4.79 Å². The number of nitrogens with zero attached hydrogens (tertiary/aromatic N) is 2. The fourth-order valence-electron chi connectivity index (χ4n) is 4.63. The molecule has 0 bridgehead atoms. The van der Waals surface area contributed by atoms with Crippen molar-refractivity contribution < 1.29 is 0 Å². The Labute approximate surface area is 163 Å². The number of hydrogen-bond acceptors (Lipinski definition) is 4. The number of piperidine rings is 1. The Bertz CT molecular complexity index is 1000. The molecule has 1 aliphatic heterocycles. The van der Waals surface area contributed by atoms with Crippen molar-refractivity contribution in [1.29, 1.82) is 0 Å². The molecule has 27 heavy (non-hydrogen) atoms. The first kappa shape index (κ1) is 17.1. The summed E-state index contributed by atoms with van der Waals surface area (Å²) < 4.78 is 0. The van der Waals surface area contributed by atoms with Gasteiger partial charge in [0.2, 0.25) is 0 Å². The first-order chi connectivity index (χ1) is 13.3. The van der Waals surface area contributed by atoms with E-state index in [0.717, 1.165) is 54.4 Å². The van der Waals surface area contributed by atoms with Crippen molar-refractivity contribution in [3.8, 4) is 0 Å². The molecule has 1 saturated heterocycles. The molecule has 140 valence electrons. The summed E-state index contributed by atoms with van der Waals surface area (Å²) in [7, 11) is 0. The van der Waals surface area contributed by atoms with Crippen LogP contribution in [-0.2, 0) is 25.8 Å². The number of rotatable bonds is 4. The van der Waals surface area contributed by atoms with Crippen LogP contribution < -0.4 is 5.56 Å². The number of likely N-dealkylation sites (tertiary alicyclic amines) is 1. The number of benzene rings is 1. The number of aryl methyl sites for hydroxylation is 2. The zero-order chi connectivity index (χ0) is 18.2. The Morgan fingerprint density at radius 2 is 1.96 bits per heavy atom. The highest BCUT2D eigenvalue weighted by Gasteiger charge is 2.23. The number of aromatic nitrogens is 2. The van der Waals surface area contributed by atoms with Gasteiger partial charge in [0.25, 0.3) is 5.56 Å². The highest BCUT2D eigenvalue weighted by Crippen LogP contribution is 2.34. The average molecular weight is 380 g/mol. The van der Waals surface area contributed by atoms with Crippen LogP contribution in [0.1, 0.15) is 41.1 Å². The first-order valence-corrected chi connectivity index (χ1v) is 10.9. The van der Waals surface area contributed by atoms with Crippen molar-refractivity contribution in [2.75, 3.05) is 13.1 Å². The van der Waals surface area contributed by atoms with E-state index in [1.165, 1.54) is 41.7 Å². The minimum absolute atomic E-state index is 0.0633. The molecule has 1 fully saturated rings. The maximum absolute atomic E-state index is 12.6. The quantitative estimate of drug-likeness (QED) is 0.747. The van der Waals surface area contributed by atoms with Crippen LogP contribution in [0.15, 0.2) is 35.1 Å². The molecule has 1 N–H and O–H groups in total. The summed E-state index contributed by atoms with van der Waals surface area (Å²) in [5.74, 6) is 1.59. The summed E-state index contributed by atoms with van der Waals surface area (Å²) in [6.45, 7) is 2.92. The second kappa shape index (κ2) is 7.21. The number of H-pyrrole nitrogens is 1. The lowest BCUT2D eigenvalue weighted by Gasteiger charge is -2.31. The third kappa shape index (κ3) is 3.46. The lowest BCUT2D eigenvalue weighted by molar-refractivity contribution is 0.173.